The van der Waals surface area contributed by atoms with Gasteiger partial charge in [-0.15, -0.1) is 0 Å². The Balaban J connectivity index is 1.29. The van der Waals surface area contributed by atoms with Crippen LogP contribution in [0.15, 0.2) is 79.2 Å². The number of aliphatic hydroxyl groups excluding tert-OH is 1. The number of benzene rings is 2. The van der Waals surface area contributed by atoms with Gasteiger partial charge in [-0.3, -0.25) is 9.59 Å². The second-order valence-electron chi connectivity index (χ2n) is 11.2. The second-order valence-corrected chi connectivity index (χ2v) is 11.2. The maximum atomic E-state index is 14.4. The molecule has 0 spiro atoms. The van der Waals surface area contributed by atoms with Crippen molar-refractivity contribution in [2.45, 2.75) is 44.7 Å². The molecule has 1 aliphatic heterocycles. The number of carbonyl (C=O) groups is 2. The number of fused-ring (bicyclic) bond motifs is 2. The monoisotopic (exact) mass is 606 g/mol. The van der Waals surface area contributed by atoms with Gasteiger partial charge in [0.05, 0.1) is 23.5 Å². The van der Waals surface area contributed by atoms with Gasteiger partial charge < -0.3 is 21.5 Å². The normalized spacial score (nSPS) is 16.3. The first kappa shape index (κ1) is 29.4. The highest BCUT2D eigenvalue weighted by Gasteiger charge is 2.47. The molecule has 5 aromatic rings. The summed E-state index contributed by atoms with van der Waals surface area (Å²) < 4.78 is 16.0. The Morgan fingerprint density at radius 3 is 2.64 bits per heavy atom. The second kappa shape index (κ2) is 11.5. The smallest absolute Gasteiger partial charge is 0.240 e. The standard InChI is InChI=1S/C33H31FN8O3/c1-18(19(2)43)37-25(44)15-12-20-10-13-22(14-11-20)33(3)26-28(35)38-30(39-29(26)40-32(33)45)27-23-8-6-16-36-31(23)42(41-27)17-21-7-4-5-9-24(21)34/h4-11,13-14,16,18,43H,2,12,15,17H2,1,3H3,(H,37,44)(H3,35,38,39,40,45). The molecule has 1 aliphatic rings. The van der Waals surface area contributed by atoms with Crippen molar-refractivity contribution in [2.75, 3.05) is 11.1 Å². The van der Waals surface area contributed by atoms with E-state index in [4.69, 9.17) is 5.73 Å². The number of nitrogen functional groups attached to an aromatic ring is 1. The molecular weight excluding hydrogens is 575 g/mol. The van der Waals surface area contributed by atoms with Crippen molar-refractivity contribution in [2.24, 2.45) is 0 Å². The molecule has 0 radical (unpaired) electrons. The van der Waals surface area contributed by atoms with Crippen LogP contribution < -0.4 is 16.4 Å². The molecule has 2 unspecified atom stereocenters. The molecular formula is C33H31FN8O3. The van der Waals surface area contributed by atoms with E-state index in [2.05, 4.69) is 37.3 Å². The molecule has 0 bridgehead atoms. The van der Waals surface area contributed by atoms with E-state index in [9.17, 15) is 19.1 Å². The number of halogens is 1. The summed E-state index contributed by atoms with van der Waals surface area (Å²) in [6, 6.07) is 16.9. The van der Waals surface area contributed by atoms with E-state index in [0.29, 0.717) is 39.8 Å². The molecule has 12 heteroatoms. The quantitative estimate of drug-likeness (QED) is 0.179. The molecule has 0 fully saturated rings. The number of nitrogens with one attached hydrogen (secondary N) is 2. The van der Waals surface area contributed by atoms with Crippen LogP contribution in [0.5, 0.6) is 0 Å². The lowest BCUT2D eigenvalue weighted by molar-refractivity contribution is -0.121. The summed E-state index contributed by atoms with van der Waals surface area (Å²) in [6.07, 6.45) is 2.32. The molecule has 3 aromatic heterocycles. The van der Waals surface area contributed by atoms with Gasteiger partial charge >= 0.3 is 0 Å². The summed E-state index contributed by atoms with van der Waals surface area (Å²) >= 11 is 0. The highest BCUT2D eigenvalue weighted by atomic mass is 19.1. The summed E-state index contributed by atoms with van der Waals surface area (Å²) in [4.78, 5) is 39.4. The fraction of sp³-hybridized carbons (Fsp3) is 0.212. The fourth-order valence-corrected chi connectivity index (χ4v) is 5.52. The molecule has 0 saturated carbocycles. The van der Waals surface area contributed by atoms with E-state index in [1.54, 1.807) is 49.0 Å². The molecule has 5 N–H and O–H groups in total. The van der Waals surface area contributed by atoms with Gasteiger partial charge in [0.25, 0.3) is 0 Å². The summed E-state index contributed by atoms with van der Waals surface area (Å²) in [6.45, 7) is 6.99. The van der Waals surface area contributed by atoms with Crippen molar-refractivity contribution in [1.29, 1.82) is 0 Å². The Kier molecular flexibility index (Phi) is 7.49. The fourth-order valence-electron chi connectivity index (χ4n) is 5.52. The van der Waals surface area contributed by atoms with Crippen molar-refractivity contribution in [3.8, 4) is 11.5 Å². The Morgan fingerprint density at radius 1 is 1.16 bits per heavy atom. The number of hydrogen-bond acceptors (Lipinski definition) is 8. The maximum absolute atomic E-state index is 14.4. The average molecular weight is 607 g/mol. The number of amides is 2. The number of nitrogens with two attached hydrogens (primary N) is 1. The van der Waals surface area contributed by atoms with Gasteiger partial charge in [-0.2, -0.15) is 5.10 Å². The van der Waals surface area contributed by atoms with Gasteiger partial charge in [0, 0.05) is 18.2 Å². The van der Waals surface area contributed by atoms with Gasteiger partial charge in [0.2, 0.25) is 11.8 Å². The third-order valence-electron chi connectivity index (χ3n) is 8.17. The van der Waals surface area contributed by atoms with Crippen LogP contribution >= 0.6 is 0 Å². The number of anilines is 2. The SMILES string of the molecule is C=C(O)C(C)NC(=O)CCc1ccc(C2(C)C(=O)Nc3nc(-c4nn(Cc5ccccc5F)c5ncccc45)nc(N)c32)cc1. The van der Waals surface area contributed by atoms with Crippen LogP contribution in [0.4, 0.5) is 16.0 Å². The minimum atomic E-state index is -1.17. The van der Waals surface area contributed by atoms with Crippen molar-refractivity contribution >= 4 is 34.5 Å². The lowest BCUT2D eigenvalue weighted by Gasteiger charge is -2.23. The minimum Gasteiger partial charge on any atom is -0.511 e. The molecule has 0 aliphatic carbocycles. The summed E-state index contributed by atoms with van der Waals surface area (Å²) in [7, 11) is 0. The molecule has 2 amide bonds. The summed E-state index contributed by atoms with van der Waals surface area (Å²) in [5.41, 5.74) is 8.79. The third-order valence-corrected chi connectivity index (χ3v) is 8.17. The van der Waals surface area contributed by atoms with Crippen LogP contribution in [0, 0.1) is 5.82 Å². The van der Waals surface area contributed by atoms with Crippen LogP contribution in [0.1, 0.15) is 42.5 Å². The summed E-state index contributed by atoms with van der Waals surface area (Å²) in [5.74, 6) is -0.365. The van der Waals surface area contributed by atoms with Gasteiger partial charge in [0.15, 0.2) is 11.5 Å². The van der Waals surface area contributed by atoms with Crippen LogP contribution in [0.25, 0.3) is 22.6 Å². The molecule has 2 atom stereocenters. The Hall–Kier alpha value is -5.65. The number of aromatic nitrogens is 5. The molecule has 4 heterocycles. The zero-order valence-corrected chi connectivity index (χ0v) is 24.7. The lowest BCUT2D eigenvalue weighted by Crippen LogP contribution is -2.33. The highest BCUT2D eigenvalue weighted by molar-refractivity contribution is 6.09. The van der Waals surface area contributed by atoms with Gasteiger partial charge in [-0.1, -0.05) is 49.0 Å². The van der Waals surface area contributed by atoms with E-state index >= 15 is 0 Å². The van der Waals surface area contributed by atoms with E-state index < -0.39 is 11.5 Å². The first-order chi connectivity index (χ1) is 21.6. The van der Waals surface area contributed by atoms with Gasteiger partial charge in [0.1, 0.15) is 34.3 Å². The van der Waals surface area contributed by atoms with Crippen molar-refractivity contribution in [3.63, 3.8) is 0 Å². The van der Waals surface area contributed by atoms with Crippen LogP contribution in [0.2, 0.25) is 0 Å². The zero-order valence-electron chi connectivity index (χ0n) is 24.7. The van der Waals surface area contributed by atoms with Crippen LogP contribution in [0.3, 0.4) is 0 Å². The Morgan fingerprint density at radius 2 is 1.91 bits per heavy atom. The first-order valence-corrected chi connectivity index (χ1v) is 14.4. The number of hydrogen-bond donors (Lipinski definition) is 4. The van der Waals surface area contributed by atoms with E-state index in [1.165, 1.54) is 6.07 Å². The molecule has 11 nitrogen and oxygen atoms in total. The zero-order chi connectivity index (χ0) is 31.9. The minimum absolute atomic E-state index is 0.105. The van der Waals surface area contributed by atoms with E-state index in [1.807, 2.05) is 30.3 Å². The van der Waals surface area contributed by atoms with Crippen LogP contribution in [-0.4, -0.2) is 47.7 Å². The number of rotatable bonds is 9. The summed E-state index contributed by atoms with van der Waals surface area (Å²) in [5, 5.41) is 20.3. The van der Waals surface area contributed by atoms with E-state index in [-0.39, 0.29) is 53.8 Å². The lowest BCUT2D eigenvalue weighted by atomic mass is 9.77. The van der Waals surface area contributed by atoms with Crippen molar-refractivity contribution in [1.82, 2.24) is 30.0 Å². The Labute approximate surface area is 258 Å². The third kappa shape index (κ3) is 5.35. The van der Waals surface area contributed by atoms with Crippen LogP contribution in [-0.2, 0) is 28.0 Å². The Bertz CT molecular complexity index is 1970. The molecule has 0 saturated heterocycles. The predicted octanol–water partition coefficient (Wildman–Crippen LogP) is 4.43. The van der Waals surface area contributed by atoms with Gasteiger partial charge in [-0.05, 0) is 49.6 Å². The average Bonchev–Trinajstić information content (AvgIpc) is 3.52. The number of carbonyl (C=O) groups excluding carboxylic acids is 2. The first-order valence-electron chi connectivity index (χ1n) is 14.4. The van der Waals surface area contributed by atoms with Crippen molar-refractivity contribution in [3.05, 3.63) is 107 Å². The molecule has 45 heavy (non-hydrogen) atoms. The maximum Gasteiger partial charge on any atom is 0.240 e. The topological polar surface area (TPSA) is 161 Å². The van der Waals surface area contributed by atoms with Crippen molar-refractivity contribution < 1.29 is 19.1 Å². The largest absolute Gasteiger partial charge is 0.511 e. The highest BCUT2D eigenvalue weighted by Crippen LogP contribution is 2.45. The van der Waals surface area contributed by atoms with E-state index in [0.717, 1.165) is 5.56 Å². The molecule has 228 valence electrons. The molecule has 6 rings (SSSR count). The van der Waals surface area contributed by atoms with Gasteiger partial charge in [-0.25, -0.2) is 24.0 Å². The number of aliphatic hydroxyl groups is 1. The predicted molar refractivity (Wildman–Crippen MR) is 168 cm³/mol. The number of pyridine rings is 1. The number of aryl methyl sites for hydroxylation is 1. The molecule has 2 aromatic carbocycles. The number of nitrogens with zero attached hydrogens (tertiary/aromatic N) is 5.